The molecular formula is C25H24N2O4. The van der Waals surface area contributed by atoms with Crippen molar-refractivity contribution in [3.63, 3.8) is 0 Å². The largest absolute Gasteiger partial charge is 0.480 e. The molecule has 3 N–H and O–H groups in total. The van der Waals surface area contributed by atoms with Crippen LogP contribution < -0.4 is 10.6 Å². The van der Waals surface area contributed by atoms with Gasteiger partial charge in [0.1, 0.15) is 12.6 Å². The summed E-state index contributed by atoms with van der Waals surface area (Å²) in [5.41, 5.74) is 5.53. The molecule has 4 rings (SSSR count). The van der Waals surface area contributed by atoms with Crippen LogP contribution in [-0.2, 0) is 16.1 Å². The maximum atomic E-state index is 12.3. The molecule has 0 heterocycles. The van der Waals surface area contributed by atoms with Crippen LogP contribution >= 0.6 is 0 Å². The lowest BCUT2D eigenvalue weighted by molar-refractivity contribution is -0.139. The average molecular weight is 416 g/mol. The van der Waals surface area contributed by atoms with E-state index in [9.17, 15) is 14.7 Å². The van der Waals surface area contributed by atoms with Gasteiger partial charge >= 0.3 is 12.1 Å². The summed E-state index contributed by atoms with van der Waals surface area (Å²) >= 11 is 0. The number of fused-ring (bicyclic) bond motifs is 3. The molecular weight excluding hydrogens is 392 g/mol. The molecule has 1 aliphatic carbocycles. The van der Waals surface area contributed by atoms with E-state index in [-0.39, 0.29) is 19.1 Å². The summed E-state index contributed by atoms with van der Waals surface area (Å²) in [6.45, 7) is 0.745. The Kier molecular flexibility index (Phi) is 6.29. The number of hydrogen-bond donors (Lipinski definition) is 3. The Balaban J connectivity index is 1.34. The van der Waals surface area contributed by atoms with Gasteiger partial charge < -0.3 is 20.5 Å². The van der Waals surface area contributed by atoms with Crippen LogP contribution in [0, 0.1) is 0 Å². The second kappa shape index (κ2) is 9.45. The zero-order valence-electron chi connectivity index (χ0n) is 17.0. The highest BCUT2D eigenvalue weighted by molar-refractivity contribution is 5.81. The maximum absolute atomic E-state index is 12.3. The number of ether oxygens (including phenoxy) is 1. The predicted octanol–water partition coefficient (Wildman–Crippen LogP) is 3.77. The van der Waals surface area contributed by atoms with E-state index in [1.165, 1.54) is 0 Å². The summed E-state index contributed by atoms with van der Waals surface area (Å²) in [6.07, 6.45) is -0.740. The zero-order chi connectivity index (χ0) is 21.6. The molecule has 0 fully saturated rings. The lowest BCUT2D eigenvalue weighted by Gasteiger charge is -2.18. The first-order valence-corrected chi connectivity index (χ1v) is 10.2. The highest BCUT2D eigenvalue weighted by atomic mass is 16.5. The lowest BCUT2D eigenvalue weighted by Crippen LogP contribution is -2.47. The van der Waals surface area contributed by atoms with E-state index >= 15 is 0 Å². The van der Waals surface area contributed by atoms with E-state index < -0.39 is 18.1 Å². The van der Waals surface area contributed by atoms with Crippen molar-refractivity contribution in [1.82, 2.24) is 10.6 Å². The number of alkyl carbamates (subject to hydrolysis) is 1. The van der Waals surface area contributed by atoms with Crippen LogP contribution in [0.4, 0.5) is 4.79 Å². The number of hydrogen-bond acceptors (Lipinski definition) is 4. The van der Waals surface area contributed by atoms with Gasteiger partial charge in [-0.25, -0.2) is 9.59 Å². The van der Waals surface area contributed by atoms with Gasteiger partial charge in [-0.1, -0.05) is 78.9 Å². The molecule has 1 amide bonds. The Labute approximate surface area is 180 Å². The molecule has 158 valence electrons. The summed E-state index contributed by atoms with van der Waals surface area (Å²) in [7, 11) is 0. The minimum atomic E-state index is -1.12. The molecule has 0 radical (unpaired) electrons. The number of carbonyl (C=O) groups is 2. The monoisotopic (exact) mass is 416 g/mol. The molecule has 0 aliphatic heterocycles. The molecule has 3 aromatic rings. The third kappa shape index (κ3) is 4.75. The van der Waals surface area contributed by atoms with Crippen LogP contribution in [0.2, 0.25) is 0 Å². The van der Waals surface area contributed by atoms with E-state index in [2.05, 4.69) is 22.8 Å². The first-order valence-electron chi connectivity index (χ1n) is 10.2. The Morgan fingerprint density at radius 3 is 2.06 bits per heavy atom. The Morgan fingerprint density at radius 1 is 0.871 bits per heavy atom. The molecule has 6 nitrogen and oxygen atoms in total. The van der Waals surface area contributed by atoms with Crippen LogP contribution in [0.5, 0.6) is 0 Å². The molecule has 1 atom stereocenters. The van der Waals surface area contributed by atoms with Crippen LogP contribution in [0.1, 0.15) is 22.6 Å². The van der Waals surface area contributed by atoms with Gasteiger partial charge in [0.15, 0.2) is 0 Å². The van der Waals surface area contributed by atoms with E-state index in [4.69, 9.17) is 4.74 Å². The third-order valence-electron chi connectivity index (χ3n) is 5.45. The molecule has 0 spiro atoms. The number of benzene rings is 3. The van der Waals surface area contributed by atoms with Crippen molar-refractivity contribution in [3.8, 4) is 11.1 Å². The van der Waals surface area contributed by atoms with Crippen LogP contribution in [0.15, 0.2) is 78.9 Å². The molecule has 0 unspecified atom stereocenters. The van der Waals surface area contributed by atoms with Gasteiger partial charge in [-0.15, -0.1) is 0 Å². The minimum absolute atomic E-state index is 0.0716. The highest BCUT2D eigenvalue weighted by Gasteiger charge is 2.29. The SMILES string of the molecule is O=C(N[C@H](CNCc1ccccc1)C(=O)O)OCC1c2ccccc2-c2ccccc21. The molecule has 0 bridgehead atoms. The smallest absolute Gasteiger partial charge is 0.407 e. The average Bonchev–Trinajstić information content (AvgIpc) is 3.11. The number of amides is 1. The summed E-state index contributed by atoms with van der Waals surface area (Å²) in [5.74, 6) is -1.19. The van der Waals surface area contributed by atoms with Crippen molar-refractivity contribution in [2.24, 2.45) is 0 Å². The van der Waals surface area contributed by atoms with Gasteiger partial charge in [0.2, 0.25) is 0 Å². The number of carbonyl (C=O) groups excluding carboxylic acids is 1. The second-order valence-electron chi connectivity index (χ2n) is 7.48. The fourth-order valence-corrected chi connectivity index (χ4v) is 3.94. The minimum Gasteiger partial charge on any atom is -0.480 e. The van der Waals surface area contributed by atoms with E-state index in [1.807, 2.05) is 66.7 Å². The predicted molar refractivity (Wildman–Crippen MR) is 118 cm³/mol. The topological polar surface area (TPSA) is 87.7 Å². The van der Waals surface area contributed by atoms with Crippen molar-refractivity contribution in [2.75, 3.05) is 13.2 Å². The maximum Gasteiger partial charge on any atom is 0.407 e. The van der Waals surface area contributed by atoms with Crippen LogP contribution in [-0.4, -0.2) is 36.4 Å². The van der Waals surface area contributed by atoms with E-state index in [1.54, 1.807) is 0 Å². The van der Waals surface area contributed by atoms with E-state index in [0.717, 1.165) is 27.8 Å². The lowest BCUT2D eigenvalue weighted by atomic mass is 9.98. The number of carboxylic acid groups (broad SMARTS) is 1. The van der Waals surface area contributed by atoms with Gasteiger partial charge in [0.05, 0.1) is 0 Å². The highest BCUT2D eigenvalue weighted by Crippen LogP contribution is 2.44. The molecule has 31 heavy (non-hydrogen) atoms. The summed E-state index contributed by atoms with van der Waals surface area (Å²) in [4.78, 5) is 23.9. The van der Waals surface area contributed by atoms with Crippen molar-refractivity contribution in [3.05, 3.63) is 95.6 Å². The molecule has 0 aromatic heterocycles. The normalized spacial score (nSPS) is 13.2. The quantitative estimate of drug-likeness (QED) is 0.520. The van der Waals surface area contributed by atoms with Gasteiger partial charge in [-0.3, -0.25) is 0 Å². The summed E-state index contributed by atoms with van der Waals surface area (Å²) < 4.78 is 5.44. The van der Waals surface area contributed by atoms with Crippen molar-refractivity contribution in [2.45, 2.75) is 18.5 Å². The number of rotatable bonds is 8. The number of aliphatic carboxylic acids is 1. The zero-order valence-corrected chi connectivity index (χ0v) is 17.0. The fraction of sp³-hybridized carbons (Fsp3) is 0.200. The number of nitrogens with one attached hydrogen (secondary N) is 2. The van der Waals surface area contributed by atoms with Gasteiger partial charge in [0.25, 0.3) is 0 Å². The van der Waals surface area contributed by atoms with Crippen molar-refractivity contribution in [1.29, 1.82) is 0 Å². The van der Waals surface area contributed by atoms with Gasteiger partial charge in [0, 0.05) is 19.0 Å². The second-order valence-corrected chi connectivity index (χ2v) is 7.48. The van der Waals surface area contributed by atoms with Crippen LogP contribution in [0.3, 0.4) is 0 Å². The Hall–Kier alpha value is -3.64. The van der Waals surface area contributed by atoms with E-state index in [0.29, 0.717) is 6.54 Å². The van der Waals surface area contributed by atoms with Gasteiger partial charge in [-0.05, 0) is 27.8 Å². The van der Waals surface area contributed by atoms with Crippen LogP contribution in [0.25, 0.3) is 11.1 Å². The molecule has 3 aromatic carbocycles. The molecule has 0 saturated heterocycles. The summed E-state index contributed by atoms with van der Waals surface area (Å²) in [6, 6.07) is 24.7. The third-order valence-corrected chi connectivity index (χ3v) is 5.45. The molecule has 1 aliphatic rings. The molecule has 6 heteroatoms. The van der Waals surface area contributed by atoms with Crippen molar-refractivity contribution < 1.29 is 19.4 Å². The Bertz CT molecular complexity index is 1020. The standard InChI is InChI=1S/C25H24N2O4/c28-24(29)23(15-26-14-17-8-2-1-3-9-17)27-25(30)31-16-22-20-12-6-4-10-18(20)19-11-5-7-13-21(19)22/h1-13,22-23,26H,14-16H2,(H,27,30)(H,28,29)/t23-/m1/s1. The first-order chi connectivity index (χ1) is 15.1. The summed E-state index contributed by atoms with van der Waals surface area (Å²) in [5, 5.41) is 15.0. The number of carboxylic acids is 1. The Morgan fingerprint density at radius 2 is 1.45 bits per heavy atom. The fourth-order valence-electron chi connectivity index (χ4n) is 3.94. The van der Waals surface area contributed by atoms with Crippen molar-refractivity contribution >= 4 is 12.1 Å². The molecule has 0 saturated carbocycles. The van der Waals surface area contributed by atoms with Gasteiger partial charge in [-0.2, -0.15) is 0 Å². The first kappa shape index (κ1) is 20.6.